The monoisotopic (exact) mass is 326 g/mol. The van der Waals surface area contributed by atoms with E-state index in [1.54, 1.807) is 24.3 Å². The molecule has 0 saturated heterocycles. The van der Waals surface area contributed by atoms with E-state index in [0.717, 1.165) is 0 Å². The van der Waals surface area contributed by atoms with Gasteiger partial charge in [0.2, 0.25) is 0 Å². The van der Waals surface area contributed by atoms with Crippen LogP contribution in [0.15, 0.2) is 36.4 Å². The molecule has 2 aromatic carbocycles. The van der Waals surface area contributed by atoms with Crippen LogP contribution in [0.2, 0.25) is 10.0 Å². The summed E-state index contributed by atoms with van der Waals surface area (Å²) in [5, 5.41) is 10.1. The lowest BCUT2D eigenvalue weighted by molar-refractivity contribution is 0.0691. The van der Waals surface area contributed by atoms with Gasteiger partial charge in [-0.2, -0.15) is 0 Å². The van der Waals surface area contributed by atoms with E-state index in [-0.39, 0.29) is 17.9 Å². The summed E-state index contributed by atoms with van der Waals surface area (Å²) in [4.78, 5) is 11.2. The van der Waals surface area contributed by atoms with Gasteiger partial charge in [0, 0.05) is 21.7 Å². The highest BCUT2D eigenvalue weighted by molar-refractivity contribution is 6.35. The van der Waals surface area contributed by atoms with Gasteiger partial charge in [0.25, 0.3) is 0 Å². The highest BCUT2D eigenvalue weighted by atomic mass is 35.5. The fraction of sp³-hybridized carbons (Fsp3) is 0.133. The molecule has 0 aliphatic carbocycles. The molecule has 110 valence electrons. The molecule has 0 unspecified atom stereocenters. The second kappa shape index (κ2) is 6.70. The quantitative estimate of drug-likeness (QED) is 0.890. The third kappa shape index (κ3) is 3.80. The number of carboxylic acids is 1. The molecular weight excluding hydrogens is 315 g/mol. The van der Waals surface area contributed by atoms with E-state index in [4.69, 9.17) is 37.8 Å². The molecular formula is C15H12Cl2O4. The Morgan fingerprint density at radius 2 is 1.95 bits per heavy atom. The summed E-state index contributed by atoms with van der Waals surface area (Å²) < 4.78 is 10.6. The lowest BCUT2D eigenvalue weighted by Gasteiger charge is -2.11. The number of carbonyl (C=O) groups is 1. The van der Waals surface area contributed by atoms with E-state index in [1.165, 1.54) is 19.2 Å². The zero-order valence-corrected chi connectivity index (χ0v) is 12.6. The van der Waals surface area contributed by atoms with Crippen LogP contribution >= 0.6 is 23.2 Å². The molecule has 4 nitrogen and oxygen atoms in total. The molecule has 1 N–H and O–H groups in total. The Morgan fingerprint density at radius 1 is 1.19 bits per heavy atom. The highest BCUT2D eigenvalue weighted by Crippen LogP contribution is 2.27. The van der Waals surface area contributed by atoms with Crippen LogP contribution in [0, 0.1) is 0 Å². The van der Waals surface area contributed by atoms with E-state index in [0.29, 0.717) is 21.4 Å². The number of methoxy groups -OCH3 is 1. The number of benzene rings is 2. The summed E-state index contributed by atoms with van der Waals surface area (Å²) >= 11 is 11.9. The van der Waals surface area contributed by atoms with E-state index in [1.807, 2.05) is 0 Å². The Hall–Kier alpha value is -1.91. The zero-order chi connectivity index (χ0) is 15.4. The standard InChI is InChI=1S/C15H12Cl2O4/c1-20-11-4-5-12(15(18)19)14(7-11)21-8-9-2-3-10(16)6-13(9)17/h2-7H,8H2,1H3,(H,18,19). The van der Waals surface area contributed by atoms with E-state index in [2.05, 4.69) is 0 Å². The van der Waals surface area contributed by atoms with Crippen molar-refractivity contribution in [1.29, 1.82) is 0 Å². The van der Waals surface area contributed by atoms with Crippen molar-refractivity contribution < 1.29 is 19.4 Å². The summed E-state index contributed by atoms with van der Waals surface area (Å²) in [5.41, 5.74) is 0.765. The average Bonchev–Trinajstić information content (AvgIpc) is 2.45. The summed E-state index contributed by atoms with van der Waals surface area (Å²) in [5.74, 6) is -0.347. The summed E-state index contributed by atoms with van der Waals surface area (Å²) in [6.45, 7) is 0.128. The predicted molar refractivity (Wildman–Crippen MR) is 80.7 cm³/mol. The minimum absolute atomic E-state index is 0.0564. The van der Waals surface area contributed by atoms with Gasteiger partial charge >= 0.3 is 5.97 Å². The van der Waals surface area contributed by atoms with Crippen molar-refractivity contribution in [3.05, 3.63) is 57.6 Å². The van der Waals surface area contributed by atoms with Crippen molar-refractivity contribution >= 4 is 29.2 Å². The molecule has 0 fully saturated rings. The van der Waals surface area contributed by atoms with Crippen LogP contribution in [0.1, 0.15) is 15.9 Å². The molecule has 0 heterocycles. The lowest BCUT2D eigenvalue weighted by Crippen LogP contribution is -2.04. The second-order valence-corrected chi connectivity index (χ2v) is 5.04. The Bertz CT molecular complexity index is 671. The Morgan fingerprint density at radius 3 is 2.57 bits per heavy atom. The van der Waals surface area contributed by atoms with Gasteiger partial charge in [0.1, 0.15) is 23.7 Å². The molecule has 0 aliphatic rings. The fourth-order valence-electron chi connectivity index (χ4n) is 1.72. The lowest BCUT2D eigenvalue weighted by atomic mass is 10.2. The predicted octanol–water partition coefficient (Wildman–Crippen LogP) is 4.28. The minimum Gasteiger partial charge on any atom is -0.497 e. The van der Waals surface area contributed by atoms with Gasteiger partial charge in [0.15, 0.2) is 0 Å². The van der Waals surface area contributed by atoms with Crippen LogP contribution in [0.3, 0.4) is 0 Å². The molecule has 0 aliphatic heterocycles. The molecule has 21 heavy (non-hydrogen) atoms. The number of aromatic carboxylic acids is 1. The first-order valence-corrected chi connectivity index (χ1v) is 6.75. The molecule has 0 saturated carbocycles. The number of hydrogen-bond acceptors (Lipinski definition) is 3. The molecule has 2 aromatic rings. The first-order valence-electron chi connectivity index (χ1n) is 5.99. The Kier molecular flexibility index (Phi) is 4.94. The van der Waals surface area contributed by atoms with Crippen LogP contribution in [0.4, 0.5) is 0 Å². The normalized spacial score (nSPS) is 10.2. The molecule has 6 heteroatoms. The van der Waals surface area contributed by atoms with Crippen molar-refractivity contribution in [3.8, 4) is 11.5 Å². The topological polar surface area (TPSA) is 55.8 Å². The summed E-state index contributed by atoms with van der Waals surface area (Å²) in [6, 6.07) is 9.53. The van der Waals surface area contributed by atoms with Gasteiger partial charge in [-0.25, -0.2) is 4.79 Å². The van der Waals surface area contributed by atoms with E-state index < -0.39 is 5.97 Å². The van der Waals surface area contributed by atoms with Gasteiger partial charge in [-0.05, 0) is 24.3 Å². The smallest absolute Gasteiger partial charge is 0.339 e. The van der Waals surface area contributed by atoms with Gasteiger partial charge in [-0.3, -0.25) is 0 Å². The van der Waals surface area contributed by atoms with Crippen LogP contribution in [-0.4, -0.2) is 18.2 Å². The van der Waals surface area contributed by atoms with Crippen molar-refractivity contribution in [2.24, 2.45) is 0 Å². The maximum absolute atomic E-state index is 11.2. The summed E-state index contributed by atoms with van der Waals surface area (Å²) in [6.07, 6.45) is 0. The first kappa shape index (κ1) is 15.5. The number of carboxylic acid groups (broad SMARTS) is 1. The van der Waals surface area contributed by atoms with Gasteiger partial charge in [0.05, 0.1) is 7.11 Å². The highest BCUT2D eigenvalue weighted by Gasteiger charge is 2.13. The number of ether oxygens (including phenoxy) is 2. The number of hydrogen-bond donors (Lipinski definition) is 1. The molecule has 2 rings (SSSR count). The van der Waals surface area contributed by atoms with E-state index in [9.17, 15) is 4.79 Å². The van der Waals surface area contributed by atoms with Crippen molar-refractivity contribution in [2.45, 2.75) is 6.61 Å². The summed E-state index contributed by atoms with van der Waals surface area (Å²) in [7, 11) is 1.50. The largest absolute Gasteiger partial charge is 0.497 e. The second-order valence-electron chi connectivity index (χ2n) is 4.19. The average molecular weight is 327 g/mol. The van der Waals surface area contributed by atoms with Crippen LogP contribution in [0.5, 0.6) is 11.5 Å². The molecule has 0 spiro atoms. The fourth-order valence-corrected chi connectivity index (χ4v) is 2.18. The van der Waals surface area contributed by atoms with Gasteiger partial charge in [-0.15, -0.1) is 0 Å². The zero-order valence-electron chi connectivity index (χ0n) is 11.1. The van der Waals surface area contributed by atoms with E-state index >= 15 is 0 Å². The molecule has 0 bridgehead atoms. The number of rotatable bonds is 5. The third-order valence-electron chi connectivity index (χ3n) is 2.82. The molecule has 0 aromatic heterocycles. The third-order valence-corrected chi connectivity index (χ3v) is 3.40. The maximum Gasteiger partial charge on any atom is 0.339 e. The molecule has 0 atom stereocenters. The molecule has 0 amide bonds. The maximum atomic E-state index is 11.2. The first-order chi connectivity index (χ1) is 10.0. The van der Waals surface area contributed by atoms with Crippen LogP contribution < -0.4 is 9.47 Å². The van der Waals surface area contributed by atoms with Crippen molar-refractivity contribution in [2.75, 3.05) is 7.11 Å². The van der Waals surface area contributed by atoms with Crippen LogP contribution in [0.25, 0.3) is 0 Å². The van der Waals surface area contributed by atoms with Crippen molar-refractivity contribution in [3.63, 3.8) is 0 Å². The van der Waals surface area contributed by atoms with Crippen molar-refractivity contribution in [1.82, 2.24) is 0 Å². The minimum atomic E-state index is -1.07. The molecule has 0 radical (unpaired) electrons. The van der Waals surface area contributed by atoms with Crippen LogP contribution in [-0.2, 0) is 6.61 Å². The SMILES string of the molecule is COc1ccc(C(=O)O)c(OCc2ccc(Cl)cc2Cl)c1. The van der Waals surface area contributed by atoms with Gasteiger partial charge in [-0.1, -0.05) is 29.3 Å². The number of halogens is 2. The Labute approximate surface area is 131 Å². The van der Waals surface area contributed by atoms with Gasteiger partial charge < -0.3 is 14.6 Å². The Balaban J connectivity index is 2.24.